The maximum absolute atomic E-state index is 12.5. The quantitative estimate of drug-likeness (QED) is 0.672. The molecule has 0 spiro atoms. The summed E-state index contributed by atoms with van der Waals surface area (Å²) in [5.74, 6) is 1.94. The summed E-state index contributed by atoms with van der Waals surface area (Å²) in [5, 5.41) is 4.09. The molecule has 0 N–H and O–H groups in total. The lowest BCUT2D eigenvalue weighted by Crippen LogP contribution is -2.39. The van der Waals surface area contributed by atoms with Crippen LogP contribution in [-0.2, 0) is 15.9 Å². The van der Waals surface area contributed by atoms with Crippen molar-refractivity contribution in [2.75, 3.05) is 39.5 Å². The molecule has 8 heteroatoms. The van der Waals surface area contributed by atoms with Gasteiger partial charge in [-0.15, -0.1) is 0 Å². The molecule has 4 rings (SSSR count). The van der Waals surface area contributed by atoms with Crippen LogP contribution >= 0.6 is 0 Å². The molecule has 0 aromatic carbocycles. The summed E-state index contributed by atoms with van der Waals surface area (Å²) in [6.07, 6.45) is 7.64. The van der Waals surface area contributed by atoms with Gasteiger partial charge in [-0.2, -0.15) is 4.98 Å². The van der Waals surface area contributed by atoms with Crippen LogP contribution in [0.15, 0.2) is 27.5 Å². The smallest absolute Gasteiger partial charge is 0.257 e. The van der Waals surface area contributed by atoms with Crippen LogP contribution in [0.2, 0.25) is 0 Å². The van der Waals surface area contributed by atoms with Crippen LogP contribution in [0.4, 0.5) is 0 Å². The monoisotopic (exact) mass is 389 g/mol. The van der Waals surface area contributed by atoms with E-state index >= 15 is 0 Å². The lowest BCUT2D eigenvalue weighted by Gasteiger charge is -2.30. The molecule has 0 bridgehead atoms. The lowest BCUT2D eigenvalue weighted by molar-refractivity contribution is 0.0211. The van der Waals surface area contributed by atoms with Crippen molar-refractivity contribution in [2.24, 2.45) is 5.92 Å². The Morgan fingerprint density at radius 2 is 2.18 bits per heavy atom. The van der Waals surface area contributed by atoms with E-state index in [1.54, 1.807) is 6.07 Å². The first kappa shape index (κ1) is 19.1. The number of ether oxygens (including phenoxy) is 2. The average molecular weight is 389 g/mol. The number of amides is 1. The number of nitrogens with zero attached hydrogens (tertiary/aromatic N) is 3. The van der Waals surface area contributed by atoms with Crippen molar-refractivity contribution in [2.45, 2.75) is 38.0 Å². The van der Waals surface area contributed by atoms with Crippen LogP contribution in [0.25, 0.3) is 0 Å². The van der Waals surface area contributed by atoms with E-state index in [9.17, 15) is 4.79 Å². The lowest BCUT2D eigenvalue weighted by atomic mass is 9.97. The molecule has 2 aromatic heterocycles. The van der Waals surface area contributed by atoms with Gasteiger partial charge in [0.2, 0.25) is 5.89 Å². The molecule has 28 heavy (non-hydrogen) atoms. The molecule has 2 aliphatic heterocycles. The van der Waals surface area contributed by atoms with E-state index < -0.39 is 0 Å². The number of furan rings is 1. The Kier molecular flexibility index (Phi) is 6.38. The van der Waals surface area contributed by atoms with Crippen molar-refractivity contribution in [1.29, 1.82) is 0 Å². The van der Waals surface area contributed by atoms with E-state index in [1.165, 1.54) is 12.5 Å². The summed E-state index contributed by atoms with van der Waals surface area (Å²) in [7, 11) is 0. The highest BCUT2D eigenvalue weighted by atomic mass is 16.5. The molecule has 1 amide bonds. The predicted molar refractivity (Wildman–Crippen MR) is 99.0 cm³/mol. The van der Waals surface area contributed by atoms with Crippen LogP contribution in [0.3, 0.4) is 0 Å². The summed E-state index contributed by atoms with van der Waals surface area (Å²) in [6.45, 7) is 4.36. The fourth-order valence-electron chi connectivity index (χ4n) is 3.79. The van der Waals surface area contributed by atoms with Gasteiger partial charge in [0.05, 0.1) is 24.4 Å². The molecule has 4 heterocycles. The summed E-state index contributed by atoms with van der Waals surface area (Å²) < 4.78 is 21.6. The number of rotatable bonds is 7. The standard InChI is InChI=1S/C20H27N3O5/c24-20(17-5-10-27-14-17)23-7-1-2-16(12-23)19-21-18(22-28-19)6-11-26-13-15-3-8-25-9-4-15/h5,10,14-16H,1-4,6-9,11-13H2. The Labute approximate surface area is 164 Å². The molecule has 152 valence electrons. The van der Waals surface area contributed by atoms with E-state index in [2.05, 4.69) is 10.1 Å². The van der Waals surface area contributed by atoms with E-state index in [4.69, 9.17) is 18.4 Å². The summed E-state index contributed by atoms with van der Waals surface area (Å²) in [4.78, 5) is 18.9. The third-order valence-electron chi connectivity index (χ3n) is 5.47. The maximum atomic E-state index is 12.5. The molecule has 0 aliphatic carbocycles. The van der Waals surface area contributed by atoms with Gasteiger partial charge in [-0.1, -0.05) is 5.16 Å². The van der Waals surface area contributed by atoms with Gasteiger partial charge in [-0.3, -0.25) is 4.79 Å². The van der Waals surface area contributed by atoms with Gasteiger partial charge in [0, 0.05) is 39.3 Å². The zero-order chi connectivity index (χ0) is 19.2. The molecule has 1 atom stereocenters. The molecule has 2 aromatic rings. The van der Waals surface area contributed by atoms with Crippen molar-refractivity contribution in [3.05, 3.63) is 35.9 Å². The number of hydrogen-bond acceptors (Lipinski definition) is 7. The fourth-order valence-corrected chi connectivity index (χ4v) is 3.79. The largest absolute Gasteiger partial charge is 0.472 e. The SMILES string of the molecule is O=C(c1ccoc1)N1CCCC(c2nc(CCOCC3CCOCC3)no2)C1. The first-order chi connectivity index (χ1) is 13.8. The van der Waals surface area contributed by atoms with Gasteiger partial charge in [0.1, 0.15) is 6.26 Å². The van der Waals surface area contributed by atoms with Gasteiger partial charge in [0.15, 0.2) is 5.82 Å². The van der Waals surface area contributed by atoms with Crippen molar-refractivity contribution in [3.8, 4) is 0 Å². The van der Waals surface area contributed by atoms with Crippen LogP contribution in [0.5, 0.6) is 0 Å². The van der Waals surface area contributed by atoms with E-state index in [0.29, 0.717) is 42.8 Å². The van der Waals surface area contributed by atoms with Gasteiger partial charge >= 0.3 is 0 Å². The number of aromatic nitrogens is 2. The molecule has 1 unspecified atom stereocenters. The van der Waals surface area contributed by atoms with Crippen LogP contribution < -0.4 is 0 Å². The minimum absolute atomic E-state index is 0.0142. The Bertz CT molecular complexity index is 739. The number of likely N-dealkylation sites (tertiary alicyclic amines) is 1. The maximum Gasteiger partial charge on any atom is 0.257 e. The molecule has 2 fully saturated rings. The van der Waals surface area contributed by atoms with Crippen molar-refractivity contribution in [3.63, 3.8) is 0 Å². The number of hydrogen-bond donors (Lipinski definition) is 0. The second-order valence-corrected chi connectivity index (χ2v) is 7.53. The van der Waals surface area contributed by atoms with Crippen molar-refractivity contribution >= 4 is 5.91 Å². The average Bonchev–Trinajstić information content (AvgIpc) is 3.44. The van der Waals surface area contributed by atoms with Crippen LogP contribution in [0.1, 0.15) is 53.7 Å². The van der Waals surface area contributed by atoms with E-state index in [1.807, 2.05) is 4.90 Å². The van der Waals surface area contributed by atoms with Gasteiger partial charge in [-0.05, 0) is 37.7 Å². The summed E-state index contributed by atoms with van der Waals surface area (Å²) in [5.41, 5.74) is 0.577. The van der Waals surface area contributed by atoms with Gasteiger partial charge in [-0.25, -0.2) is 0 Å². The Morgan fingerprint density at radius 3 is 3.00 bits per heavy atom. The third kappa shape index (κ3) is 4.80. The molecule has 8 nitrogen and oxygen atoms in total. The number of carbonyl (C=O) groups excluding carboxylic acids is 1. The predicted octanol–water partition coefficient (Wildman–Crippen LogP) is 2.67. The van der Waals surface area contributed by atoms with Gasteiger partial charge < -0.3 is 23.3 Å². The highest BCUT2D eigenvalue weighted by Crippen LogP contribution is 2.27. The van der Waals surface area contributed by atoms with Crippen LogP contribution in [-0.4, -0.2) is 60.5 Å². The van der Waals surface area contributed by atoms with Gasteiger partial charge in [0.25, 0.3) is 5.91 Å². The Balaban J connectivity index is 1.24. The first-order valence-corrected chi connectivity index (χ1v) is 10.1. The molecule has 2 saturated heterocycles. The fraction of sp³-hybridized carbons (Fsp3) is 0.650. The Morgan fingerprint density at radius 1 is 1.29 bits per heavy atom. The van der Waals surface area contributed by atoms with Crippen molar-refractivity contribution in [1.82, 2.24) is 15.0 Å². The minimum atomic E-state index is -0.0142. The summed E-state index contributed by atoms with van der Waals surface area (Å²) >= 11 is 0. The molecule has 0 radical (unpaired) electrons. The topological polar surface area (TPSA) is 90.8 Å². The second-order valence-electron chi connectivity index (χ2n) is 7.53. The number of carbonyl (C=O) groups is 1. The Hall–Kier alpha value is -2.19. The van der Waals surface area contributed by atoms with E-state index in [-0.39, 0.29) is 11.8 Å². The third-order valence-corrected chi connectivity index (χ3v) is 5.47. The highest BCUT2D eigenvalue weighted by Gasteiger charge is 2.29. The van der Waals surface area contributed by atoms with E-state index in [0.717, 1.165) is 52.0 Å². The normalized spacial score (nSPS) is 21.1. The van der Waals surface area contributed by atoms with Crippen molar-refractivity contribution < 1.29 is 23.2 Å². The zero-order valence-corrected chi connectivity index (χ0v) is 16.0. The summed E-state index contributed by atoms with van der Waals surface area (Å²) in [6, 6.07) is 1.69. The molecule has 0 saturated carbocycles. The highest BCUT2D eigenvalue weighted by molar-refractivity contribution is 5.93. The first-order valence-electron chi connectivity index (χ1n) is 10.1. The zero-order valence-electron chi connectivity index (χ0n) is 16.0. The second kappa shape index (κ2) is 9.34. The minimum Gasteiger partial charge on any atom is -0.472 e. The number of piperidine rings is 1. The molecular weight excluding hydrogens is 362 g/mol. The molecule has 2 aliphatic rings. The molecular formula is C20H27N3O5. The van der Waals surface area contributed by atoms with Crippen LogP contribution in [0, 0.1) is 5.92 Å².